The normalized spacial score (nSPS) is 20.6. The Bertz CT molecular complexity index is 1180. The van der Waals surface area contributed by atoms with E-state index in [-0.39, 0.29) is 17.6 Å². The molecule has 1 atom stereocenters. The van der Waals surface area contributed by atoms with Crippen LogP contribution in [0, 0.1) is 18.7 Å². The molecule has 7 heteroatoms. The van der Waals surface area contributed by atoms with E-state index in [1.165, 1.54) is 17.2 Å². The van der Waals surface area contributed by atoms with Gasteiger partial charge < -0.3 is 9.64 Å². The molecule has 1 amide bonds. The molecule has 0 unspecified atom stereocenters. The van der Waals surface area contributed by atoms with E-state index in [2.05, 4.69) is 16.0 Å². The van der Waals surface area contributed by atoms with Gasteiger partial charge in [-0.3, -0.25) is 19.7 Å². The number of halogens is 1. The van der Waals surface area contributed by atoms with Gasteiger partial charge in [0.1, 0.15) is 11.6 Å². The lowest BCUT2D eigenvalue weighted by atomic mass is 9.92. The molecular weight excluding hydrogens is 443 g/mol. The van der Waals surface area contributed by atoms with Gasteiger partial charge in [0.05, 0.1) is 19.4 Å². The zero-order valence-corrected chi connectivity index (χ0v) is 20.6. The Balaban J connectivity index is 1.21. The fourth-order valence-corrected chi connectivity index (χ4v) is 5.61. The first-order chi connectivity index (χ1) is 17.0. The van der Waals surface area contributed by atoms with E-state index in [0.717, 1.165) is 62.4 Å². The standard InChI is InChI=1S/C28H33FN4O2/c1-19-13-21(8-10-30-19)28-23-18-33(12-9-22(23)15-31-28)27(34)14-20-5-4-11-32(16-20)17-24-25(29)6-3-7-26(24)35-2/h3,6-8,10,13,20H,4-5,9,11-12,14-18H2,1-2H3/t20-/m0/s1. The molecule has 4 heterocycles. The minimum atomic E-state index is -0.238. The smallest absolute Gasteiger partial charge is 0.223 e. The number of rotatable bonds is 6. The highest BCUT2D eigenvalue weighted by Gasteiger charge is 2.31. The van der Waals surface area contributed by atoms with Crippen molar-refractivity contribution in [2.45, 2.75) is 39.2 Å². The molecule has 0 bridgehead atoms. The highest BCUT2D eigenvalue weighted by molar-refractivity contribution is 6.15. The summed E-state index contributed by atoms with van der Waals surface area (Å²) in [6, 6.07) is 9.03. The molecule has 3 aliphatic heterocycles. The van der Waals surface area contributed by atoms with E-state index < -0.39 is 0 Å². The van der Waals surface area contributed by atoms with E-state index in [4.69, 9.17) is 9.73 Å². The Morgan fingerprint density at radius 3 is 2.97 bits per heavy atom. The van der Waals surface area contributed by atoms with Crippen LogP contribution in [0.15, 0.2) is 52.7 Å². The number of ether oxygens (including phenoxy) is 1. The minimum absolute atomic E-state index is 0.212. The van der Waals surface area contributed by atoms with Crippen LogP contribution in [-0.2, 0) is 11.3 Å². The number of pyridine rings is 1. The van der Waals surface area contributed by atoms with Gasteiger partial charge in [-0.25, -0.2) is 4.39 Å². The number of aromatic nitrogens is 1. The molecule has 0 saturated carbocycles. The van der Waals surface area contributed by atoms with Crippen molar-refractivity contribution < 1.29 is 13.9 Å². The van der Waals surface area contributed by atoms with Crippen LogP contribution in [0.4, 0.5) is 4.39 Å². The Kier molecular flexibility index (Phi) is 6.95. The maximum Gasteiger partial charge on any atom is 0.223 e. The second-order valence-electron chi connectivity index (χ2n) is 9.87. The van der Waals surface area contributed by atoms with Gasteiger partial charge in [0.2, 0.25) is 5.91 Å². The molecular formula is C28H33FN4O2. The van der Waals surface area contributed by atoms with Crippen LogP contribution in [0.5, 0.6) is 5.75 Å². The molecule has 1 aromatic heterocycles. The third-order valence-electron chi connectivity index (χ3n) is 7.44. The van der Waals surface area contributed by atoms with Crippen LogP contribution in [0.1, 0.15) is 42.5 Å². The molecule has 35 heavy (non-hydrogen) atoms. The third-order valence-corrected chi connectivity index (χ3v) is 7.44. The third kappa shape index (κ3) is 5.15. The quantitative estimate of drug-likeness (QED) is 0.628. The largest absolute Gasteiger partial charge is 0.496 e. The molecule has 5 rings (SSSR count). The van der Waals surface area contributed by atoms with Crippen LogP contribution in [0.3, 0.4) is 0 Å². The van der Waals surface area contributed by atoms with Crippen molar-refractivity contribution in [3.8, 4) is 5.75 Å². The predicted octanol–water partition coefficient (Wildman–Crippen LogP) is 4.17. The summed E-state index contributed by atoms with van der Waals surface area (Å²) in [7, 11) is 1.58. The van der Waals surface area contributed by atoms with Crippen molar-refractivity contribution >= 4 is 11.6 Å². The number of aliphatic imine (C=N–C) groups is 1. The molecule has 1 saturated heterocycles. The summed E-state index contributed by atoms with van der Waals surface area (Å²) in [4.78, 5) is 26.7. The second-order valence-corrected chi connectivity index (χ2v) is 9.87. The lowest BCUT2D eigenvalue weighted by Gasteiger charge is -2.35. The number of amides is 1. The van der Waals surface area contributed by atoms with Crippen molar-refractivity contribution in [1.29, 1.82) is 0 Å². The first-order valence-electron chi connectivity index (χ1n) is 12.5. The van der Waals surface area contributed by atoms with Gasteiger partial charge in [0.15, 0.2) is 0 Å². The highest BCUT2D eigenvalue weighted by atomic mass is 19.1. The Hall–Kier alpha value is -3.06. The van der Waals surface area contributed by atoms with Crippen molar-refractivity contribution in [3.05, 3.63) is 70.3 Å². The van der Waals surface area contributed by atoms with Crippen molar-refractivity contribution in [2.75, 3.05) is 39.8 Å². The van der Waals surface area contributed by atoms with E-state index in [1.54, 1.807) is 19.2 Å². The van der Waals surface area contributed by atoms with Crippen molar-refractivity contribution in [2.24, 2.45) is 10.9 Å². The van der Waals surface area contributed by atoms with Crippen LogP contribution >= 0.6 is 0 Å². The Morgan fingerprint density at radius 1 is 1.26 bits per heavy atom. The molecule has 1 aromatic carbocycles. The maximum absolute atomic E-state index is 14.4. The summed E-state index contributed by atoms with van der Waals surface area (Å²) in [5.74, 6) is 0.838. The monoisotopic (exact) mass is 476 g/mol. The minimum Gasteiger partial charge on any atom is -0.496 e. The zero-order valence-electron chi connectivity index (χ0n) is 20.6. The van der Waals surface area contributed by atoms with E-state index >= 15 is 0 Å². The van der Waals surface area contributed by atoms with Crippen LogP contribution in [0.25, 0.3) is 0 Å². The van der Waals surface area contributed by atoms with E-state index in [1.807, 2.05) is 24.1 Å². The first-order valence-corrected chi connectivity index (χ1v) is 12.5. The number of methoxy groups -OCH3 is 1. The number of hydrogen-bond acceptors (Lipinski definition) is 5. The molecule has 1 fully saturated rings. The summed E-state index contributed by atoms with van der Waals surface area (Å²) < 4.78 is 19.8. The average Bonchev–Trinajstić information content (AvgIpc) is 3.29. The zero-order chi connectivity index (χ0) is 24.4. The molecule has 2 aromatic rings. The Morgan fingerprint density at radius 2 is 2.14 bits per heavy atom. The maximum atomic E-state index is 14.4. The SMILES string of the molecule is COc1cccc(F)c1CN1CCC[C@@H](CC(=O)N2CCC3=C(C2)C(c2ccnc(C)c2)=NC3)C1. The molecule has 0 radical (unpaired) electrons. The molecule has 0 N–H and O–H groups in total. The lowest BCUT2D eigenvalue weighted by molar-refractivity contribution is -0.132. The van der Waals surface area contributed by atoms with E-state index in [0.29, 0.717) is 30.8 Å². The van der Waals surface area contributed by atoms with Crippen LogP contribution in [-0.4, -0.2) is 66.2 Å². The van der Waals surface area contributed by atoms with Crippen molar-refractivity contribution in [1.82, 2.24) is 14.8 Å². The summed E-state index contributed by atoms with van der Waals surface area (Å²) in [6.07, 6.45) is 5.29. The number of likely N-dealkylation sites (tertiary alicyclic amines) is 1. The summed E-state index contributed by atoms with van der Waals surface area (Å²) in [5, 5.41) is 0. The van der Waals surface area contributed by atoms with Gasteiger partial charge in [-0.15, -0.1) is 0 Å². The van der Waals surface area contributed by atoms with E-state index in [9.17, 15) is 9.18 Å². The number of hydrogen-bond donors (Lipinski definition) is 0. The molecule has 0 aliphatic carbocycles. The number of piperidine rings is 1. The number of carbonyl (C=O) groups excluding carboxylic acids is 1. The van der Waals surface area contributed by atoms with Gasteiger partial charge in [0, 0.05) is 55.6 Å². The van der Waals surface area contributed by atoms with Gasteiger partial charge in [-0.2, -0.15) is 0 Å². The van der Waals surface area contributed by atoms with Gasteiger partial charge in [0.25, 0.3) is 0 Å². The fourth-order valence-electron chi connectivity index (χ4n) is 5.61. The van der Waals surface area contributed by atoms with Crippen molar-refractivity contribution in [3.63, 3.8) is 0 Å². The fraction of sp³-hybridized carbons (Fsp3) is 0.464. The molecule has 6 nitrogen and oxygen atoms in total. The van der Waals surface area contributed by atoms with Gasteiger partial charge in [-0.05, 0) is 74.1 Å². The topological polar surface area (TPSA) is 58.0 Å². The van der Waals surface area contributed by atoms with Gasteiger partial charge in [-0.1, -0.05) is 6.07 Å². The number of carbonyl (C=O) groups is 1. The molecule has 3 aliphatic rings. The Labute approximate surface area is 206 Å². The van der Waals surface area contributed by atoms with Crippen LogP contribution in [0.2, 0.25) is 0 Å². The van der Waals surface area contributed by atoms with Gasteiger partial charge >= 0.3 is 0 Å². The summed E-state index contributed by atoms with van der Waals surface area (Å²) in [5.41, 5.74) is 6.25. The average molecular weight is 477 g/mol. The number of aryl methyl sites for hydroxylation is 1. The predicted molar refractivity (Wildman–Crippen MR) is 134 cm³/mol. The summed E-state index contributed by atoms with van der Waals surface area (Å²) >= 11 is 0. The lowest BCUT2D eigenvalue weighted by Crippen LogP contribution is -2.41. The second kappa shape index (κ2) is 10.3. The first kappa shape index (κ1) is 23.7. The number of nitrogens with zero attached hydrogens (tertiary/aromatic N) is 4. The number of benzene rings is 1. The molecule has 184 valence electrons. The highest BCUT2D eigenvalue weighted by Crippen LogP contribution is 2.30. The summed E-state index contributed by atoms with van der Waals surface area (Å²) in [6.45, 7) is 6.34. The molecule has 0 spiro atoms. The van der Waals surface area contributed by atoms with Crippen LogP contribution < -0.4 is 4.74 Å².